The van der Waals surface area contributed by atoms with E-state index in [4.69, 9.17) is 0 Å². The molecule has 0 saturated heterocycles. The molecule has 1 rings (SSSR count). The summed E-state index contributed by atoms with van der Waals surface area (Å²) in [5, 5.41) is 10.0. The van der Waals surface area contributed by atoms with E-state index < -0.39 is 10.7 Å². The van der Waals surface area contributed by atoms with Crippen LogP contribution in [0.5, 0.6) is 0 Å². The third-order valence-corrected chi connectivity index (χ3v) is 2.18. The topological polar surface area (TPSA) is 43.1 Å². The Morgan fingerprint density at radius 1 is 1.47 bits per heavy atom. The number of nitro groups is 1. The molecule has 1 aromatic rings. The molecule has 0 aromatic heterocycles. The lowest BCUT2D eigenvalue weighted by molar-refractivity contribution is -0.400. The van der Waals surface area contributed by atoms with Crippen molar-refractivity contribution in [1.29, 1.82) is 0 Å². The number of halogens is 2. The van der Waals surface area contributed by atoms with Gasteiger partial charge in [0.25, 0.3) is 5.76 Å². The number of alkyl halides is 2. The minimum absolute atomic E-state index is 0.385. The quantitative estimate of drug-likeness (QED) is 0.454. The zero-order valence-electron chi connectivity index (χ0n) is 7.47. The molecule has 3 nitrogen and oxygen atoms in total. The maximum Gasteiger partial charge on any atom is 0.288 e. The van der Waals surface area contributed by atoms with Gasteiger partial charge in [-0.25, -0.2) is 0 Å². The standard InChI is InChI=1S/C9H7F2NO2S/c10-9(11)15-8-3-1-2-7(6-8)4-5-12(13)14/h1-6,9H/b5-4+. The molecule has 0 saturated carbocycles. The molecule has 1 aromatic carbocycles. The maximum atomic E-state index is 12.0. The van der Waals surface area contributed by atoms with Crippen molar-refractivity contribution >= 4 is 17.8 Å². The summed E-state index contributed by atoms with van der Waals surface area (Å²) < 4.78 is 24.0. The van der Waals surface area contributed by atoms with Crippen molar-refractivity contribution in [1.82, 2.24) is 0 Å². The Labute approximate surface area is 88.9 Å². The summed E-state index contributed by atoms with van der Waals surface area (Å²) >= 11 is 0.410. The van der Waals surface area contributed by atoms with E-state index in [-0.39, 0.29) is 0 Å². The molecular formula is C9H7F2NO2S. The van der Waals surface area contributed by atoms with E-state index in [1.807, 2.05) is 0 Å². The van der Waals surface area contributed by atoms with E-state index in [0.29, 0.717) is 22.2 Å². The number of hydrogen-bond donors (Lipinski definition) is 0. The van der Waals surface area contributed by atoms with Crippen LogP contribution in [0.2, 0.25) is 0 Å². The third kappa shape index (κ3) is 4.55. The molecule has 0 spiro atoms. The molecular weight excluding hydrogens is 224 g/mol. The van der Waals surface area contributed by atoms with Gasteiger partial charge >= 0.3 is 0 Å². The number of thioether (sulfide) groups is 1. The van der Waals surface area contributed by atoms with Crippen molar-refractivity contribution in [3.8, 4) is 0 Å². The van der Waals surface area contributed by atoms with E-state index in [1.54, 1.807) is 12.1 Å². The lowest BCUT2D eigenvalue weighted by atomic mass is 10.2. The fraction of sp³-hybridized carbons (Fsp3) is 0.111. The Kier molecular flexibility index (Phi) is 4.23. The highest BCUT2D eigenvalue weighted by Crippen LogP contribution is 2.25. The number of nitrogens with zero attached hydrogens (tertiary/aromatic N) is 1. The van der Waals surface area contributed by atoms with Gasteiger partial charge in [0.05, 0.1) is 4.92 Å². The first-order valence-corrected chi connectivity index (χ1v) is 4.82. The molecule has 80 valence electrons. The monoisotopic (exact) mass is 231 g/mol. The summed E-state index contributed by atoms with van der Waals surface area (Å²) in [6.45, 7) is 0. The van der Waals surface area contributed by atoms with Gasteiger partial charge in [-0.1, -0.05) is 23.9 Å². The molecule has 0 fully saturated rings. The van der Waals surface area contributed by atoms with Crippen LogP contribution < -0.4 is 0 Å². The summed E-state index contributed by atoms with van der Waals surface area (Å²) in [6.07, 6.45) is 2.03. The van der Waals surface area contributed by atoms with Crippen molar-refractivity contribution in [2.75, 3.05) is 0 Å². The van der Waals surface area contributed by atoms with E-state index in [0.717, 1.165) is 6.20 Å². The first-order chi connectivity index (χ1) is 7.08. The lowest BCUT2D eigenvalue weighted by Crippen LogP contribution is -1.84. The second-order valence-corrected chi connectivity index (χ2v) is 3.62. The van der Waals surface area contributed by atoms with Gasteiger partial charge in [0.1, 0.15) is 0 Å². The predicted molar refractivity (Wildman–Crippen MR) is 54.3 cm³/mol. The number of benzene rings is 1. The summed E-state index contributed by atoms with van der Waals surface area (Å²) in [5.41, 5.74) is 0.525. The first-order valence-electron chi connectivity index (χ1n) is 3.94. The summed E-state index contributed by atoms with van der Waals surface area (Å²) in [6, 6.07) is 6.18. The molecule has 0 aliphatic carbocycles. The second kappa shape index (κ2) is 5.45. The van der Waals surface area contributed by atoms with Crippen molar-refractivity contribution < 1.29 is 13.7 Å². The van der Waals surface area contributed by atoms with Gasteiger partial charge < -0.3 is 0 Å². The smallest absolute Gasteiger partial charge is 0.259 e. The molecule has 0 aliphatic rings. The Morgan fingerprint density at radius 2 is 2.20 bits per heavy atom. The SMILES string of the molecule is O=[N+]([O-])/C=C/c1cccc(SC(F)F)c1. The van der Waals surface area contributed by atoms with Crippen molar-refractivity contribution in [2.24, 2.45) is 0 Å². The van der Waals surface area contributed by atoms with E-state index >= 15 is 0 Å². The van der Waals surface area contributed by atoms with E-state index in [9.17, 15) is 18.9 Å². The van der Waals surface area contributed by atoms with Crippen LogP contribution in [0.15, 0.2) is 35.4 Å². The Bertz CT molecular complexity index is 382. The largest absolute Gasteiger partial charge is 0.288 e. The molecule has 0 unspecified atom stereocenters. The van der Waals surface area contributed by atoms with Crippen LogP contribution in [0.1, 0.15) is 5.56 Å². The first kappa shape index (κ1) is 11.6. The lowest BCUT2D eigenvalue weighted by Gasteiger charge is -2.00. The van der Waals surface area contributed by atoms with Crippen LogP contribution in [-0.2, 0) is 0 Å². The molecule has 0 atom stereocenters. The molecule has 15 heavy (non-hydrogen) atoms. The van der Waals surface area contributed by atoms with Gasteiger partial charge in [0.15, 0.2) is 0 Å². The summed E-state index contributed by atoms with van der Waals surface area (Å²) in [4.78, 5) is 9.81. The zero-order chi connectivity index (χ0) is 11.3. The minimum atomic E-state index is -2.49. The highest BCUT2D eigenvalue weighted by Gasteiger charge is 2.04. The highest BCUT2D eigenvalue weighted by molar-refractivity contribution is 7.99. The van der Waals surface area contributed by atoms with Gasteiger partial charge in [0.2, 0.25) is 6.20 Å². The molecule has 0 heterocycles. The zero-order valence-corrected chi connectivity index (χ0v) is 8.29. The average Bonchev–Trinajstić information content (AvgIpc) is 2.14. The molecule has 0 bridgehead atoms. The Morgan fingerprint density at radius 3 is 2.80 bits per heavy atom. The fourth-order valence-electron chi connectivity index (χ4n) is 0.941. The summed E-state index contributed by atoms with van der Waals surface area (Å²) in [7, 11) is 0. The van der Waals surface area contributed by atoms with E-state index in [2.05, 4.69) is 0 Å². The minimum Gasteiger partial charge on any atom is -0.259 e. The molecule has 0 aliphatic heterocycles. The highest BCUT2D eigenvalue weighted by atomic mass is 32.2. The van der Waals surface area contributed by atoms with Crippen molar-refractivity contribution in [2.45, 2.75) is 10.7 Å². The molecule has 0 N–H and O–H groups in total. The van der Waals surface area contributed by atoms with Crippen LogP contribution in [-0.4, -0.2) is 10.7 Å². The van der Waals surface area contributed by atoms with Gasteiger partial charge in [-0.15, -0.1) is 0 Å². The van der Waals surface area contributed by atoms with Crippen LogP contribution >= 0.6 is 11.8 Å². The molecule has 0 amide bonds. The normalized spacial score (nSPS) is 11.1. The Balaban J connectivity index is 2.78. The van der Waals surface area contributed by atoms with Crippen molar-refractivity contribution in [3.05, 3.63) is 46.1 Å². The number of rotatable bonds is 4. The van der Waals surface area contributed by atoms with Crippen LogP contribution in [0, 0.1) is 10.1 Å². The van der Waals surface area contributed by atoms with Crippen LogP contribution in [0.3, 0.4) is 0 Å². The van der Waals surface area contributed by atoms with Gasteiger partial charge in [-0.2, -0.15) is 8.78 Å². The molecule has 6 heteroatoms. The van der Waals surface area contributed by atoms with Gasteiger partial charge in [-0.05, 0) is 17.7 Å². The second-order valence-electron chi connectivity index (χ2n) is 2.55. The maximum absolute atomic E-state index is 12.0. The van der Waals surface area contributed by atoms with Crippen molar-refractivity contribution in [3.63, 3.8) is 0 Å². The van der Waals surface area contributed by atoms with E-state index in [1.165, 1.54) is 18.2 Å². The fourth-order valence-corrected chi connectivity index (χ4v) is 1.51. The Hall–Kier alpha value is -1.43. The summed E-state index contributed by atoms with van der Waals surface area (Å²) in [5.74, 6) is -2.49. The average molecular weight is 231 g/mol. The number of hydrogen-bond acceptors (Lipinski definition) is 3. The van der Waals surface area contributed by atoms with Crippen LogP contribution in [0.4, 0.5) is 8.78 Å². The van der Waals surface area contributed by atoms with Gasteiger partial charge in [-0.3, -0.25) is 10.1 Å². The van der Waals surface area contributed by atoms with Gasteiger partial charge in [0, 0.05) is 11.0 Å². The van der Waals surface area contributed by atoms with Crippen LogP contribution in [0.25, 0.3) is 6.08 Å². The predicted octanol–water partition coefficient (Wildman–Crippen LogP) is 3.25. The molecule has 0 radical (unpaired) electrons. The third-order valence-electron chi connectivity index (χ3n) is 1.47.